The van der Waals surface area contributed by atoms with E-state index in [0.29, 0.717) is 0 Å². The molecular formula is C10H9OS. The second kappa shape index (κ2) is 3.15. The second-order valence-electron chi connectivity index (χ2n) is 2.58. The topological polar surface area (TPSA) is 13.1 Å². The van der Waals surface area contributed by atoms with Gasteiger partial charge in [0, 0.05) is 4.88 Å². The van der Waals surface area contributed by atoms with Crippen molar-refractivity contribution in [2.75, 3.05) is 0 Å². The van der Waals surface area contributed by atoms with Crippen LogP contribution in [0.2, 0.25) is 0 Å². The number of thiophene rings is 1. The van der Waals surface area contributed by atoms with Gasteiger partial charge in [-0.25, -0.2) is 0 Å². The highest BCUT2D eigenvalue weighted by atomic mass is 32.1. The monoisotopic (exact) mass is 177 g/mol. The Morgan fingerprint density at radius 1 is 1.33 bits per heavy atom. The van der Waals surface area contributed by atoms with Gasteiger partial charge < -0.3 is 4.42 Å². The van der Waals surface area contributed by atoms with Crippen molar-refractivity contribution >= 4 is 11.3 Å². The standard InChI is InChI=1S/C10H9OS/c1-8(9-4-2-6-11-9)10-5-3-7-12-10/h2-7H,1H3. The zero-order valence-electron chi connectivity index (χ0n) is 6.78. The molecule has 0 spiro atoms. The zero-order chi connectivity index (χ0) is 8.39. The summed E-state index contributed by atoms with van der Waals surface area (Å²) in [6.45, 7) is 2.07. The van der Waals surface area contributed by atoms with E-state index < -0.39 is 0 Å². The van der Waals surface area contributed by atoms with E-state index in [1.807, 2.05) is 18.2 Å². The highest BCUT2D eigenvalue weighted by Crippen LogP contribution is 2.26. The molecule has 2 heterocycles. The van der Waals surface area contributed by atoms with Crippen LogP contribution in [-0.4, -0.2) is 0 Å². The molecular weight excluding hydrogens is 168 g/mol. The minimum Gasteiger partial charge on any atom is -0.468 e. The predicted octanol–water partition coefficient (Wildman–Crippen LogP) is 3.33. The average molecular weight is 177 g/mol. The van der Waals surface area contributed by atoms with Crippen molar-refractivity contribution in [1.29, 1.82) is 0 Å². The first-order chi connectivity index (χ1) is 5.88. The van der Waals surface area contributed by atoms with Gasteiger partial charge in [-0.1, -0.05) is 6.07 Å². The van der Waals surface area contributed by atoms with Crippen molar-refractivity contribution in [2.24, 2.45) is 0 Å². The highest BCUT2D eigenvalue weighted by molar-refractivity contribution is 7.10. The Labute approximate surface area is 75.7 Å². The van der Waals surface area contributed by atoms with Gasteiger partial charge in [-0.05, 0) is 30.5 Å². The van der Waals surface area contributed by atoms with E-state index in [-0.39, 0.29) is 0 Å². The molecule has 0 aliphatic rings. The molecule has 1 nitrogen and oxygen atoms in total. The second-order valence-corrected chi connectivity index (χ2v) is 3.53. The van der Waals surface area contributed by atoms with Gasteiger partial charge in [-0.3, -0.25) is 0 Å². The van der Waals surface area contributed by atoms with E-state index >= 15 is 0 Å². The van der Waals surface area contributed by atoms with Crippen molar-refractivity contribution in [3.05, 3.63) is 52.5 Å². The van der Waals surface area contributed by atoms with Gasteiger partial charge in [-0.15, -0.1) is 11.3 Å². The third-order valence-corrected chi connectivity index (χ3v) is 2.77. The first-order valence-corrected chi connectivity index (χ1v) is 4.67. The van der Waals surface area contributed by atoms with Crippen molar-refractivity contribution in [2.45, 2.75) is 6.92 Å². The highest BCUT2D eigenvalue weighted by Gasteiger charge is 2.11. The zero-order valence-corrected chi connectivity index (χ0v) is 7.60. The molecule has 0 aromatic carbocycles. The van der Waals surface area contributed by atoms with Crippen molar-refractivity contribution < 1.29 is 4.42 Å². The van der Waals surface area contributed by atoms with Gasteiger partial charge in [0.1, 0.15) is 5.76 Å². The van der Waals surface area contributed by atoms with Crippen LogP contribution >= 0.6 is 11.3 Å². The van der Waals surface area contributed by atoms with Gasteiger partial charge >= 0.3 is 0 Å². The van der Waals surface area contributed by atoms with Crippen LogP contribution in [0.15, 0.2) is 40.3 Å². The van der Waals surface area contributed by atoms with Gasteiger partial charge in [0.25, 0.3) is 0 Å². The summed E-state index contributed by atoms with van der Waals surface area (Å²) in [6, 6.07) is 8.04. The fourth-order valence-electron chi connectivity index (χ4n) is 1.11. The third-order valence-electron chi connectivity index (χ3n) is 1.78. The van der Waals surface area contributed by atoms with Crippen LogP contribution in [-0.2, 0) is 0 Å². The van der Waals surface area contributed by atoms with E-state index in [1.54, 1.807) is 17.6 Å². The van der Waals surface area contributed by atoms with Crippen LogP contribution < -0.4 is 0 Å². The number of rotatable bonds is 2. The van der Waals surface area contributed by atoms with Crippen LogP contribution in [0.5, 0.6) is 0 Å². The van der Waals surface area contributed by atoms with E-state index in [1.165, 1.54) is 10.8 Å². The van der Waals surface area contributed by atoms with E-state index in [4.69, 9.17) is 4.42 Å². The fraction of sp³-hybridized carbons (Fsp3) is 0.100. The Morgan fingerprint density at radius 3 is 2.83 bits per heavy atom. The molecule has 0 saturated carbocycles. The summed E-state index contributed by atoms with van der Waals surface area (Å²) < 4.78 is 5.29. The van der Waals surface area contributed by atoms with E-state index in [9.17, 15) is 0 Å². The first-order valence-electron chi connectivity index (χ1n) is 3.79. The van der Waals surface area contributed by atoms with Crippen molar-refractivity contribution in [1.82, 2.24) is 0 Å². The maximum absolute atomic E-state index is 5.29. The molecule has 61 valence electrons. The van der Waals surface area contributed by atoms with E-state index in [0.717, 1.165) is 5.76 Å². The molecule has 2 aromatic rings. The van der Waals surface area contributed by atoms with Gasteiger partial charge in [-0.2, -0.15) is 0 Å². The summed E-state index contributed by atoms with van der Waals surface area (Å²) in [5, 5.41) is 2.07. The lowest BCUT2D eigenvalue weighted by Crippen LogP contribution is -1.90. The summed E-state index contributed by atoms with van der Waals surface area (Å²) in [5.74, 6) is 2.16. The molecule has 12 heavy (non-hydrogen) atoms. The summed E-state index contributed by atoms with van der Waals surface area (Å²) in [7, 11) is 0. The largest absolute Gasteiger partial charge is 0.468 e. The van der Waals surface area contributed by atoms with Crippen LogP contribution in [0, 0.1) is 5.92 Å². The summed E-state index contributed by atoms with van der Waals surface area (Å²) >= 11 is 1.73. The molecule has 0 aliphatic carbocycles. The van der Waals surface area contributed by atoms with Gasteiger partial charge in [0.2, 0.25) is 0 Å². The molecule has 2 heteroatoms. The average Bonchev–Trinajstić information content (AvgIpc) is 2.77. The first kappa shape index (κ1) is 7.62. The molecule has 0 N–H and O–H groups in total. The minimum absolute atomic E-state index is 0.956. The summed E-state index contributed by atoms with van der Waals surface area (Å²) in [5.41, 5.74) is 0. The quantitative estimate of drug-likeness (QED) is 0.685. The molecule has 0 atom stereocenters. The third kappa shape index (κ3) is 1.30. The van der Waals surface area contributed by atoms with Crippen LogP contribution in [0.25, 0.3) is 0 Å². The molecule has 0 fully saturated rings. The van der Waals surface area contributed by atoms with Gasteiger partial charge in [0.15, 0.2) is 0 Å². The molecule has 2 aromatic heterocycles. The Hall–Kier alpha value is -1.02. The summed E-state index contributed by atoms with van der Waals surface area (Å²) in [4.78, 5) is 1.27. The lowest BCUT2D eigenvalue weighted by Gasteiger charge is -2.02. The molecule has 2 rings (SSSR count). The predicted molar refractivity (Wildman–Crippen MR) is 50.1 cm³/mol. The minimum atomic E-state index is 0.956. The van der Waals surface area contributed by atoms with Crippen molar-refractivity contribution in [3.8, 4) is 0 Å². The molecule has 0 unspecified atom stereocenters. The Bertz CT molecular complexity index is 286. The molecule has 1 radical (unpaired) electrons. The lowest BCUT2D eigenvalue weighted by molar-refractivity contribution is 0.531. The summed E-state index contributed by atoms with van der Waals surface area (Å²) in [6.07, 6.45) is 1.70. The molecule has 0 saturated heterocycles. The fourth-order valence-corrected chi connectivity index (χ4v) is 1.84. The van der Waals surface area contributed by atoms with Crippen LogP contribution in [0.4, 0.5) is 0 Å². The molecule has 0 aliphatic heterocycles. The molecule has 0 bridgehead atoms. The molecule has 0 amide bonds. The van der Waals surface area contributed by atoms with Crippen molar-refractivity contribution in [3.63, 3.8) is 0 Å². The Morgan fingerprint density at radius 2 is 2.25 bits per heavy atom. The number of furan rings is 1. The lowest BCUT2D eigenvalue weighted by atomic mass is 10.1. The van der Waals surface area contributed by atoms with Gasteiger partial charge in [0.05, 0.1) is 12.2 Å². The van der Waals surface area contributed by atoms with Crippen LogP contribution in [0.1, 0.15) is 17.6 Å². The maximum atomic E-state index is 5.29. The number of hydrogen-bond donors (Lipinski definition) is 0. The van der Waals surface area contributed by atoms with Crippen LogP contribution in [0.3, 0.4) is 0 Å². The normalized spacial score (nSPS) is 10.8. The SMILES string of the molecule is C[C](c1ccco1)c1cccs1. The number of hydrogen-bond acceptors (Lipinski definition) is 2. The maximum Gasteiger partial charge on any atom is 0.116 e. The van der Waals surface area contributed by atoms with E-state index in [2.05, 4.69) is 18.4 Å². The Kier molecular flexibility index (Phi) is 2.00. The Balaban J connectivity index is 2.27. The smallest absolute Gasteiger partial charge is 0.116 e.